The van der Waals surface area contributed by atoms with E-state index in [0.29, 0.717) is 36.1 Å². The van der Waals surface area contributed by atoms with Crippen molar-refractivity contribution in [1.29, 1.82) is 0 Å². The van der Waals surface area contributed by atoms with Gasteiger partial charge in [-0.15, -0.1) is 0 Å². The standard InChI is InChI=1S/C23H30N2O4/c1-5-25-10-6-7-17(25)13-24-22(26)12-20-16(4)19-9-8-18(28-14-15(2)3)11-21(19)29-23(20)27/h8-9,11,17H,2,5-7,10,12-14H2,1,3-4H3,(H,24,26)/t17-/m1/s1. The lowest BCUT2D eigenvalue weighted by molar-refractivity contribution is -0.120. The Kier molecular flexibility index (Phi) is 6.75. The number of carbonyl (C=O) groups is 1. The average molecular weight is 399 g/mol. The van der Waals surface area contributed by atoms with Crippen LogP contribution in [0.3, 0.4) is 0 Å². The van der Waals surface area contributed by atoms with Gasteiger partial charge in [-0.05, 0) is 63.0 Å². The first-order valence-corrected chi connectivity index (χ1v) is 10.2. The molecule has 1 aromatic heterocycles. The topological polar surface area (TPSA) is 71.8 Å². The Morgan fingerprint density at radius 3 is 2.93 bits per heavy atom. The van der Waals surface area contributed by atoms with E-state index in [-0.39, 0.29) is 12.3 Å². The molecule has 0 radical (unpaired) electrons. The number of amides is 1. The van der Waals surface area contributed by atoms with Gasteiger partial charge < -0.3 is 14.5 Å². The van der Waals surface area contributed by atoms with Crippen LogP contribution in [0.25, 0.3) is 11.0 Å². The molecule has 3 rings (SSSR count). The van der Waals surface area contributed by atoms with Crippen LogP contribution in [0.5, 0.6) is 5.75 Å². The van der Waals surface area contributed by atoms with Crippen LogP contribution in [0.1, 0.15) is 37.8 Å². The Balaban J connectivity index is 1.72. The predicted molar refractivity (Wildman–Crippen MR) is 115 cm³/mol. The number of nitrogens with one attached hydrogen (secondary N) is 1. The van der Waals surface area contributed by atoms with E-state index in [1.807, 2.05) is 26.0 Å². The molecule has 1 amide bonds. The zero-order valence-electron chi connectivity index (χ0n) is 17.5. The van der Waals surface area contributed by atoms with E-state index < -0.39 is 5.63 Å². The quantitative estimate of drug-likeness (QED) is 0.546. The van der Waals surface area contributed by atoms with Gasteiger partial charge in [0, 0.05) is 24.0 Å². The van der Waals surface area contributed by atoms with E-state index in [0.717, 1.165) is 36.0 Å². The van der Waals surface area contributed by atoms with Gasteiger partial charge >= 0.3 is 5.63 Å². The van der Waals surface area contributed by atoms with Crippen molar-refractivity contribution < 1.29 is 13.9 Å². The summed E-state index contributed by atoms with van der Waals surface area (Å²) in [4.78, 5) is 27.4. The number of rotatable bonds is 8. The number of hydrogen-bond acceptors (Lipinski definition) is 5. The molecule has 1 saturated heterocycles. The average Bonchev–Trinajstić information content (AvgIpc) is 3.15. The van der Waals surface area contributed by atoms with Crippen LogP contribution in [0.15, 0.2) is 39.6 Å². The van der Waals surface area contributed by atoms with E-state index in [1.165, 1.54) is 6.42 Å². The van der Waals surface area contributed by atoms with Gasteiger partial charge in [0.2, 0.25) is 5.91 Å². The maximum absolute atomic E-state index is 12.5. The molecule has 156 valence electrons. The van der Waals surface area contributed by atoms with Crippen LogP contribution in [0.2, 0.25) is 0 Å². The summed E-state index contributed by atoms with van der Waals surface area (Å²) >= 11 is 0. The molecule has 29 heavy (non-hydrogen) atoms. The molecule has 2 heterocycles. The molecule has 0 spiro atoms. The first-order valence-electron chi connectivity index (χ1n) is 10.2. The molecule has 1 aliphatic heterocycles. The number of fused-ring (bicyclic) bond motifs is 1. The summed E-state index contributed by atoms with van der Waals surface area (Å²) in [5, 5.41) is 3.80. The molecule has 0 unspecified atom stereocenters. The van der Waals surface area contributed by atoms with Crippen molar-refractivity contribution in [2.45, 2.75) is 46.1 Å². The number of aryl methyl sites for hydroxylation is 1. The van der Waals surface area contributed by atoms with Crippen LogP contribution < -0.4 is 15.7 Å². The van der Waals surface area contributed by atoms with Gasteiger partial charge in [0.05, 0.1) is 12.0 Å². The third-order valence-corrected chi connectivity index (χ3v) is 5.52. The number of hydrogen-bond donors (Lipinski definition) is 1. The van der Waals surface area contributed by atoms with Gasteiger partial charge in [-0.2, -0.15) is 0 Å². The van der Waals surface area contributed by atoms with Gasteiger partial charge in [0.1, 0.15) is 17.9 Å². The second kappa shape index (κ2) is 9.27. The minimum atomic E-state index is -0.474. The highest BCUT2D eigenvalue weighted by molar-refractivity contribution is 5.85. The normalized spacial score (nSPS) is 16.9. The van der Waals surface area contributed by atoms with Crippen molar-refractivity contribution in [2.24, 2.45) is 0 Å². The lowest BCUT2D eigenvalue weighted by Crippen LogP contribution is -2.40. The molecular weight excluding hydrogens is 368 g/mol. The molecule has 1 atom stereocenters. The van der Waals surface area contributed by atoms with Crippen molar-refractivity contribution in [3.63, 3.8) is 0 Å². The highest BCUT2D eigenvalue weighted by Gasteiger charge is 2.23. The predicted octanol–water partition coefficient (Wildman–Crippen LogP) is 3.20. The van der Waals surface area contributed by atoms with Crippen LogP contribution in [0.4, 0.5) is 0 Å². The van der Waals surface area contributed by atoms with Crippen molar-refractivity contribution in [1.82, 2.24) is 10.2 Å². The molecule has 1 N–H and O–H groups in total. The summed E-state index contributed by atoms with van der Waals surface area (Å²) in [6.45, 7) is 12.8. The summed E-state index contributed by atoms with van der Waals surface area (Å²) < 4.78 is 11.1. The maximum Gasteiger partial charge on any atom is 0.340 e. The van der Waals surface area contributed by atoms with E-state index in [1.54, 1.807) is 6.07 Å². The zero-order chi connectivity index (χ0) is 21.0. The lowest BCUT2D eigenvalue weighted by atomic mass is 10.0. The molecule has 1 aliphatic rings. The minimum absolute atomic E-state index is 0.0247. The monoisotopic (exact) mass is 398 g/mol. The zero-order valence-corrected chi connectivity index (χ0v) is 17.5. The SMILES string of the molecule is C=C(C)COc1ccc2c(C)c(CC(=O)NC[C@H]3CCCN3CC)c(=O)oc2c1. The van der Waals surface area contributed by atoms with Gasteiger partial charge in [0.15, 0.2) is 0 Å². The highest BCUT2D eigenvalue weighted by Crippen LogP contribution is 2.24. The lowest BCUT2D eigenvalue weighted by Gasteiger charge is -2.22. The number of likely N-dealkylation sites (N-methyl/N-ethyl adjacent to an activating group) is 1. The van der Waals surface area contributed by atoms with Crippen LogP contribution in [0, 0.1) is 6.92 Å². The van der Waals surface area contributed by atoms with Gasteiger partial charge in [-0.3, -0.25) is 9.69 Å². The van der Waals surface area contributed by atoms with E-state index >= 15 is 0 Å². The third kappa shape index (κ3) is 5.07. The molecule has 6 nitrogen and oxygen atoms in total. The Bertz CT molecular complexity index is 963. The van der Waals surface area contributed by atoms with E-state index in [2.05, 4.69) is 23.7 Å². The third-order valence-electron chi connectivity index (χ3n) is 5.52. The van der Waals surface area contributed by atoms with Gasteiger partial charge in [0.25, 0.3) is 0 Å². The Hall–Kier alpha value is -2.60. The summed E-state index contributed by atoms with van der Waals surface area (Å²) in [5.74, 6) is 0.467. The smallest absolute Gasteiger partial charge is 0.340 e. The second-order valence-corrected chi connectivity index (χ2v) is 7.80. The Labute approximate surface area is 171 Å². The van der Waals surface area contributed by atoms with E-state index in [4.69, 9.17) is 9.15 Å². The second-order valence-electron chi connectivity index (χ2n) is 7.80. The summed E-state index contributed by atoms with van der Waals surface area (Å²) in [5.41, 5.74) is 2.07. The first-order chi connectivity index (χ1) is 13.9. The summed E-state index contributed by atoms with van der Waals surface area (Å²) in [6.07, 6.45) is 2.29. The molecule has 1 aromatic carbocycles. The minimum Gasteiger partial charge on any atom is -0.489 e. The molecular formula is C23H30N2O4. The summed E-state index contributed by atoms with van der Waals surface area (Å²) in [7, 11) is 0. The van der Waals surface area contributed by atoms with Crippen LogP contribution in [-0.4, -0.2) is 43.1 Å². The molecule has 2 aromatic rings. The van der Waals surface area contributed by atoms with E-state index in [9.17, 15) is 9.59 Å². The molecule has 0 saturated carbocycles. The highest BCUT2D eigenvalue weighted by atomic mass is 16.5. The molecule has 0 aliphatic carbocycles. The van der Waals surface area contributed by atoms with Crippen molar-refractivity contribution in [3.05, 3.63) is 51.9 Å². The van der Waals surface area contributed by atoms with Crippen LogP contribution in [-0.2, 0) is 11.2 Å². The Morgan fingerprint density at radius 1 is 1.41 bits per heavy atom. The molecule has 6 heteroatoms. The van der Waals surface area contributed by atoms with Crippen LogP contribution >= 0.6 is 0 Å². The molecule has 1 fully saturated rings. The maximum atomic E-state index is 12.5. The summed E-state index contributed by atoms with van der Waals surface area (Å²) in [6, 6.07) is 5.79. The number of carbonyl (C=O) groups excluding carboxylic acids is 1. The molecule has 0 bridgehead atoms. The fraction of sp³-hybridized carbons (Fsp3) is 0.478. The number of ether oxygens (including phenoxy) is 1. The largest absolute Gasteiger partial charge is 0.489 e. The fourth-order valence-electron chi connectivity index (χ4n) is 3.87. The van der Waals surface area contributed by atoms with Crippen molar-refractivity contribution in [2.75, 3.05) is 26.2 Å². The number of likely N-dealkylation sites (tertiary alicyclic amines) is 1. The Morgan fingerprint density at radius 2 is 2.21 bits per heavy atom. The fourth-order valence-corrected chi connectivity index (χ4v) is 3.87. The van der Waals surface area contributed by atoms with Crippen molar-refractivity contribution >= 4 is 16.9 Å². The van der Waals surface area contributed by atoms with Crippen molar-refractivity contribution in [3.8, 4) is 5.75 Å². The number of nitrogens with zero attached hydrogens (tertiary/aromatic N) is 1. The van der Waals surface area contributed by atoms with Gasteiger partial charge in [-0.1, -0.05) is 13.5 Å². The first kappa shape index (κ1) is 21.1. The number of benzene rings is 1. The van der Waals surface area contributed by atoms with Gasteiger partial charge in [-0.25, -0.2) is 4.79 Å².